The SMILES string of the molecule is O=C(NCC1(O)CCOCC1)Nc1ccc(F)c(Br)c1. The molecule has 1 aromatic rings. The number of nitrogens with one attached hydrogen (secondary N) is 2. The van der Waals surface area contributed by atoms with Gasteiger partial charge in [0, 0.05) is 38.3 Å². The summed E-state index contributed by atoms with van der Waals surface area (Å²) < 4.78 is 18.5. The van der Waals surface area contributed by atoms with Crippen LogP contribution in [0.1, 0.15) is 12.8 Å². The van der Waals surface area contributed by atoms with Crippen LogP contribution in [-0.2, 0) is 4.74 Å². The molecule has 0 saturated carbocycles. The molecule has 7 heteroatoms. The zero-order valence-corrected chi connectivity index (χ0v) is 12.4. The highest BCUT2D eigenvalue weighted by Gasteiger charge is 2.30. The highest BCUT2D eigenvalue weighted by Crippen LogP contribution is 2.21. The minimum absolute atomic E-state index is 0.157. The van der Waals surface area contributed by atoms with Crippen LogP contribution in [0, 0.1) is 5.82 Å². The summed E-state index contributed by atoms with van der Waals surface area (Å²) in [7, 11) is 0. The van der Waals surface area contributed by atoms with E-state index < -0.39 is 17.4 Å². The van der Waals surface area contributed by atoms with Crippen LogP contribution in [0.2, 0.25) is 0 Å². The number of urea groups is 1. The molecule has 1 aliphatic heterocycles. The molecule has 0 unspecified atom stereocenters. The van der Waals surface area contributed by atoms with Crippen molar-refractivity contribution in [1.29, 1.82) is 0 Å². The number of hydrogen-bond acceptors (Lipinski definition) is 3. The summed E-state index contributed by atoms with van der Waals surface area (Å²) in [6.45, 7) is 1.14. The fraction of sp³-hybridized carbons (Fsp3) is 0.462. The lowest BCUT2D eigenvalue weighted by Gasteiger charge is -2.32. The first-order valence-corrected chi connectivity index (χ1v) is 7.08. The third-order valence-corrected chi connectivity index (χ3v) is 3.79. The van der Waals surface area contributed by atoms with Gasteiger partial charge in [0.15, 0.2) is 0 Å². The zero-order valence-electron chi connectivity index (χ0n) is 10.8. The lowest BCUT2D eigenvalue weighted by Crippen LogP contribution is -2.47. The van der Waals surface area contributed by atoms with Gasteiger partial charge in [0.1, 0.15) is 5.82 Å². The van der Waals surface area contributed by atoms with Gasteiger partial charge in [-0.3, -0.25) is 0 Å². The van der Waals surface area contributed by atoms with Crippen LogP contribution < -0.4 is 10.6 Å². The Morgan fingerprint density at radius 1 is 1.45 bits per heavy atom. The van der Waals surface area contributed by atoms with Crippen molar-refractivity contribution in [3.8, 4) is 0 Å². The lowest BCUT2D eigenvalue weighted by molar-refractivity contribution is -0.0598. The Labute approximate surface area is 124 Å². The Morgan fingerprint density at radius 3 is 2.80 bits per heavy atom. The van der Waals surface area contributed by atoms with Gasteiger partial charge < -0.3 is 20.5 Å². The number of halogens is 2. The minimum atomic E-state index is -0.918. The second-order valence-electron chi connectivity index (χ2n) is 4.77. The summed E-state index contributed by atoms with van der Waals surface area (Å²) in [5.41, 5.74) is -0.450. The number of hydrogen-bond donors (Lipinski definition) is 3. The molecule has 20 heavy (non-hydrogen) atoms. The average molecular weight is 347 g/mol. The van der Waals surface area contributed by atoms with Crippen LogP contribution in [0.25, 0.3) is 0 Å². The molecule has 0 aromatic heterocycles. The summed E-state index contributed by atoms with van der Waals surface area (Å²) >= 11 is 3.05. The molecule has 5 nitrogen and oxygen atoms in total. The number of benzene rings is 1. The zero-order chi connectivity index (χ0) is 14.6. The monoisotopic (exact) mass is 346 g/mol. The maximum absolute atomic E-state index is 13.1. The van der Waals surface area contributed by atoms with Crippen molar-refractivity contribution < 1.29 is 19.0 Å². The molecule has 0 bridgehead atoms. The average Bonchev–Trinajstić information content (AvgIpc) is 2.42. The summed E-state index contributed by atoms with van der Waals surface area (Å²) in [6.07, 6.45) is 0.991. The quantitative estimate of drug-likeness (QED) is 0.786. The second-order valence-corrected chi connectivity index (χ2v) is 5.63. The Morgan fingerprint density at radius 2 is 2.15 bits per heavy atom. The molecular formula is C13H16BrFN2O3. The van der Waals surface area contributed by atoms with E-state index in [4.69, 9.17) is 4.74 Å². The molecule has 2 rings (SSSR count). The number of carbonyl (C=O) groups is 1. The molecule has 3 N–H and O–H groups in total. The molecule has 110 valence electrons. The Kier molecular flexibility index (Phi) is 4.95. The third-order valence-electron chi connectivity index (χ3n) is 3.18. The summed E-state index contributed by atoms with van der Waals surface area (Å²) in [5.74, 6) is -0.396. The predicted molar refractivity (Wildman–Crippen MR) is 76.1 cm³/mol. The van der Waals surface area contributed by atoms with Crippen molar-refractivity contribution in [2.24, 2.45) is 0 Å². The Hall–Kier alpha value is -1.18. The first-order chi connectivity index (χ1) is 9.48. The van der Waals surface area contributed by atoms with E-state index in [0.717, 1.165) is 0 Å². The number of ether oxygens (including phenoxy) is 1. The van der Waals surface area contributed by atoms with E-state index in [1.165, 1.54) is 18.2 Å². The Bertz CT molecular complexity index is 493. The number of rotatable bonds is 3. The van der Waals surface area contributed by atoms with E-state index in [2.05, 4.69) is 26.6 Å². The van der Waals surface area contributed by atoms with Crippen LogP contribution >= 0.6 is 15.9 Å². The van der Waals surface area contributed by atoms with Gasteiger partial charge >= 0.3 is 6.03 Å². The van der Waals surface area contributed by atoms with Gasteiger partial charge in [-0.25, -0.2) is 9.18 Å². The molecule has 1 fully saturated rings. The normalized spacial score (nSPS) is 17.6. The third kappa shape index (κ3) is 4.16. The number of amides is 2. The fourth-order valence-electron chi connectivity index (χ4n) is 1.92. The Balaban J connectivity index is 1.84. The molecule has 1 saturated heterocycles. The van der Waals surface area contributed by atoms with Gasteiger partial charge in [0.25, 0.3) is 0 Å². The van der Waals surface area contributed by atoms with Crippen LogP contribution in [0.3, 0.4) is 0 Å². The van der Waals surface area contributed by atoms with Gasteiger partial charge in [-0.05, 0) is 34.1 Å². The molecule has 0 radical (unpaired) electrons. The maximum Gasteiger partial charge on any atom is 0.319 e. The van der Waals surface area contributed by atoms with Crippen molar-refractivity contribution in [1.82, 2.24) is 5.32 Å². The van der Waals surface area contributed by atoms with E-state index in [9.17, 15) is 14.3 Å². The van der Waals surface area contributed by atoms with Crippen LogP contribution in [0.5, 0.6) is 0 Å². The number of carbonyl (C=O) groups excluding carboxylic acids is 1. The molecule has 0 spiro atoms. The molecule has 1 aliphatic rings. The summed E-state index contributed by atoms with van der Waals surface area (Å²) in [4.78, 5) is 11.7. The molecule has 0 atom stereocenters. The topological polar surface area (TPSA) is 70.6 Å². The van der Waals surface area contributed by atoms with Crippen molar-refractivity contribution in [2.75, 3.05) is 25.1 Å². The maximum atomic E-state index is 13.1. The van der Waals surface area contributed by atoms with Crippen LogP contribution in [0.4, 0.5) is 14.9 Å². The van der Waals surface area contributed by atoms with Crippen molar-refractivity contribution in [3.05, 3.63) is 28.5 Å². The highest BCUT2D eigenvalue weighted by molar-refractivity contribution is 9.10. The standard InChI is InChI=1S/C13H16BrFN2O3/c14-10-7-9(1-2-11(10)15)17-12(18)16-8-13(19)3-5-20-6-4-13/h1-2,7,19H,3-6,8H2,(H2,16,17,18). The van der Waals surface area contributed by atoms with Gasteiger partial charge in [0.05, 0.1) is 10.1 Å². The van der Waals surface area contributed by atoms with Gasteiger partial charge in [-0.1, -0.05) is 0 Å². The smallest absolute Gasteiger partial charge is 0.319 e. The van der Waals surface area contributed by atoms with Crippen molar-refractivity contribution in [3.63, 3.8) is 0 Å². The van der Waals surface area contributed by atoms with Gasteiger partial charge in [0.2, 0.25) is 0 Å². The summed E-state index contributed by atoms with van der Waals surface area (Å²) in [6, 6.07) is 3.75. The van der Waals surface area contributed by atoms with Crippen molar-refractivity contribution in [2.45, 2.75) is 18.4 Å². The van der Waals surface area contributed by atoms with E-state index in [-0.39, 0.29) is 11.0 Å². The number of aliphatic hydroxyl groups is 1. The second kappa shape index (κ2) is 6.51. The minimum Gasteiger partial charge on any atom is -0.388 e. The molecule has 1 heterocycles. The fourth-order valence-corrected chi connectivity index (χ4v) is 2.30. The van der Waals surface area contributed by atoms with Crippen molar-refractivity contribution >= 4 is 27.6 Å². The molecular weight excluding hydrogens is 331 g/mol. The van der Waals surface area contributed by atoms with Crippen LogP contribution in [0.15, 0.2) is 22.7 Å². The van der Waals surface area contributed by atoms with Gasteiger partial charge in [-0.15, -0.1) is 0 Å². The van der Waals surface area contributed by atoms with Gasteiger partial charge in [-0.2, -0.15) is 0 Å². The predicted octanol–water partition coefficient (Wildman–Crippen LogP) is 2.25. The summed E-state index contributed by atoms with van der Waals surface area (Å²) in [5, 5.41) is 15.4. The van der Waals surface area contributed by atoms with E-state index in [1.54, 1.807) is 0 Å². The lowest BCUT2D eigenvalue weighted by atomic mass is 9.94. The number of anilines is 1. The van der Waals surface area contributed by atoms with Crippen LogP contribution in [-0.4, -0.2) is 36.5 Å². The highest BCUT2D eigenvalue weighted by atomic mass is 79.9. The van der Waals surface area contributed by atoms with E-state index in [1.807, 2.05) is 0 Å². The largest absolute Gasteiger partial charge is 0.388 e. The van der Waals surface area contributed by atoms with E-state index >= 15 is 0 Å². The first kappa shape index (κ1) is 15.2. The molecule has 0 aliphatic carbocycles. The first-order valence-electron chi connectivity index (χ1n) is 6.29. The molecule has 1 aromatic carbocycles. The van der Waals surface area contributed by atoms with E-state index in [0.29, 0.717) is 31.7 Å². The molecule has 2 amide bonds.